The van der Waals surface area contributed by atoms with Gasteiger partial charge in [-0.15, -0.1) is 0 Å². The van der Waals surface area contributed by atoms with Gasteiger partial charge in [0.25, 0.3) is 0 Å². The predicted octanol–water partition coefficient (Wildman–Crippen LogP) is 2.98. The van der Waals surface area contributed by atoms with Crippen molar-refractivity contribution in [1.82, 2.24) is 0 Å². The molecule has 4 nitrogen and oxygen atoms in total. The van der Waals surface area contributed by atoms with Gasteiger partial charge in [-0.3, -0.25) is 4.79 Å². The van der Waals surface area contributed by atoms with Crippen molar-refractivity contribution in [3.63, 3.8) is 0 Å². The molecule has 28 heavy (non-hydrogen) atoms. The van der Waals surface area contributed by atoms with Crippen LogP contribution in [0.15, 0.2) is 36.1 Å². The first kappa shape index (κ1) is 19.0. The van der Waals surface area contributed by atoms with Crippen LogP contribution in [0.2, 0.25) is 5.02 Å². The van der Waals surface area contributed by atoms with Gasteiger partial charge in [-0.05, 0) is 43.0 Å². The van der Waals surface area contributed by atoms with E-state index in [1.54, 1.807) is 6.07 Å². The summed E-state index contributed by atoms with van der Waals surface area (Å²) in [7, 11) is 0. The molecule has 2 aromatic carbocycles. The van der Waals surface area contributed by atoms with Crippen LogP contribution in [0.25, 0.3) is 6.08 Å². The summed E-state index contributed by atoms with van der Waals surface area (Å²) in [6, 6.07) is 7.22. The van der Waals surface area contributed by atoms with Crippen molar-refractivity contribution in [2.45, 2.75) is 26.3 Å². The summed E-state index contributed by atoms with van der Waals surface area (Å²) in [5.41, 5.74) is 0.955. The minimum absolute atomic E-state index is 0.0175. The van der Waals surface area contributed by atoms with Crippen LogP contribution >= 0.6 is 11.6 Å². The van der Waals surface area contributed by atoms with Gasteiger partial charge in [0.05, 0.1) is 23.7 Å². The zero-order chi connectivity index (χ0) is 19.8. The summed E-state index contributed by atoms with van der Waals surface area (Å²) >= 11 is 6.06. The molecule has 146 valence electrons. The third-order valence-electron chi connectivity index (χ3n) is 5.58. The molecule has 2 aliphatic rings. The molecule has 2 aliphatic heterocycles. The minimum Gasteiger partial charge on any atom is -0.872 e. The van der Waals surface area contributed by atoms with Gasteiger partial charge in [-0.1, -0.05) is 36.4 Å². The first-order valence-corrected chi connectivity index (χ1v) is 9.86. The Morgan fingerprint density at radius 2 is 2.04 bits per heavy atom. The van der Waals surface area contributed by atoms with E-state index in [0.29, 0.717) is 29.3 Å². The maximum absolute atomic E-state index is 14.1. The SMILES string of the molecule is CC1CC[NH+](Cc2c([O-])ccc3c2O/C(=C\c2c(F)cccc2Cl)C3=O)CC1. The Hall–Kier alpha value is -2.37. The zero-order valence-corrected chi connectivity index (χ0v) is 16.3. The van der Waals surface area contributed by atoms with Crippen molar-refractivity contribution in [3.05, 3.63) is 63.6 Å². The largest absolute Gasteiger partial charge is 0.872 e. The van der Waals surface area contributed by atoms with Crippen LogP contribution in [0.5, 0.6) is 11.5 Å². The van der Waals surface area contributed by atoms with E-state index < -0.39 is 5.82 Å². The molecule has 2 aromatic rings. The number of halogens is 2. The van der Waals surface area contributed by atoms with Crippen LogP contribution in [0, 0.1) is 11.7 Å². The number of quaternary nitrogens is 1. The quantitative estimate of drug-likeness (QED) is 0.804. The lowest BCUT2D eigenvalue weighted by Gasteiger charge is -2.29. The fourth-order valence-electron chi connectivity index (χ4n) is 3.83. The zero-order valence-electron chi connectivity index (χ0n) is 15.6. The van der Waals surface area contributed by atoms with Crippen LogP contribution < -0.4 is 14.7 Å². The van der Waals surface area contributed by atoms with Crippen LogP contribution in [0.3, 0.4) is 0 Å². The Morgan fingerprint density at radius 1 is 1.29 bits per heavy atom. The molecule has 1 fully saturated rings. The molecule has 0 atom stereocenters. The Balaban J connectivity index is 1.66. The van der Waals surface area contributed by atoms with Crippen molar-refractivity contribution >= 4 is 23.5 Å². The summed E-state index contributed by atoms with van der Waals surface area (Å²) in [6.45, 7) is 4.75. The van der Waals surface area contributed by atoms with E-state index in [1.165, 1.54) is 35.2 Å². The smallest absolute Gasteiger partial charge is 0.231 e. The number of ether oxygens (including phenoxy) is 1. The molecule has 2 heterocycles. The average Bonchev–Trinajstić information content (AvgIpc) is 2.98. The Labute approximate surface area is 168 Å². The lowest BCUT2D eigenvalue weighted by molar-refractivity contribution is -0.919. The molecule has 0 aromatic heterocycles. The Bertz CT molecular complexity index is 944. The van der Waals surface area contributed by atoms with Crippen molar-refractivity contribution in [2.24, 2.45) is 5.92 Å². The molecule has 0 spiro atoms. The molecule has 0 aliphatic carbocycles. The first-order chi connectivity index (χ1) is 13.4. The number of carbonyl (C=O) groups excluding carboxylic acids is 1. The molecule has 6 heteroatoms. The van der Waals surface area contributed by atoms with Crippen molar-refractivity contribution < 1.29 is 23.9 Å². The fourth-order valence-corrected chi connectivity index (χ4v) is 4.05. The molecule has 4 rings (SSSR count). The highest BCUT2D eigenvalue weighted by Gasteiger charge is 2.32. The molecule has 1 N–H and O–H groups in total. The summed E-state index contributed by atoms with van der Waals surface area (Å²) in [5, 5.41) is 12.7. The summed E-state index contributed by atoms with van der Waals surface area (Å²) in [5.74, 6) is -0.0436. The average molecular weight is 402 g/mol. The number of fused-ring (bicyclic) bond motifs is 1. The van der Waals surface area contributed by atoms with E-state index in [1.807, 2.05) is 0 Å². The number of allylic oxidation sites excluding steroid dienone is 1. The van der Waals surface area contributed by atoms with E-state index >= 15 is 0 Å². The number of rotatable bonds is 3. The van der Waals surface area contributed by atoms with E-state index in [4.69, 9.17) is 16.3 Å². The van der Waals surface area contributed by atoms with Gasteiger partial charge in [-0.25, -0.2) is 4.39 Å². The second kappa shape index (κ2) is 7.57. The molecule has 0 unspecified atom stereocenters. The van der Waals surface area contributed by atoms with Crippen molar-refractivity contribution in [1.29, 1.82) is 0 Å². The third-order valence-corrected chi connectivity index (χ3v) is 5.91. The topological polar surface area (TPSA) is 53.8 Å². The number of nitrogens with one attached hydrogen (secondary N) is 1. The van der Waals surface area contributed by atoms with Gasteiger partial charge >= 0.3 is 0 Å². The number of benzene rings is 2. The van der Waals surface area contributed by atoms with Gasteiger partial charge in [0, 0.05) is 11.1 Å². The second-order valence-electron chi connectivity index (χ2n) is 7.60. The van der Waals surface area contributed by atoms with E-state index in [9.17, 15) is 14.3 Å². The van der Waals surface area contributed by atoms with Crippen molar-refractivity contribution in [3.8, 4) is 11.5 Å². The second-order valence-corrected chi connectivity index (χ2v) is 8.01. The fraction of sp³-hybridized carbons (Fsp3) is 0.318. The number of Topliss-reactive ketones (excluding diaryl/α,β-unsaturated/α-hetero) is 1. The van der Waals surface area contributed by atoms with Gasteiger partial charge in [0.2, 0.25) is 5.78 Å². The Kier molecular flexibility index (Phi) is 5.13. The van der Waals surface area contributed by atoms with E-state index in [-0.39, 0.29) is 27.9 Å². The van der Waals surface area contributed by atoms with Crippen LogP contribution in [-0.4, -0.2) is 18.9 Å². The van der Waals surface area contributed by atoms with Gasteiger partial charge in [-0.2, -0.15) is 0 Å². The highest BCUT2D eigenvalue weighted by molar-refractivity contribution is 6.32. The van der Waals surface area contributed by atoms with Crippen LogP contribution in [0.1, 0.15) is 41.3 Å². The van der Waals surface area contributed by atoms with E-state index in [2.05, 4.69) is 6.92 Å². The number of hydrogen-bond acceptors (Lipinski definition) is 3. The third kappa shape index (κ3) is 3.52. The molecule has 0 saturated carbocycles. The van der Waals surface area contributed by atoms with Crippen molar-refractivity contribution in [2.75, 3.05) is 13.1 Å². The normalized spacial score (nSPS) is 23.0. The standard InChI is InChI=1S/C22H21ClFNO3/c1-13-7-9-25(10-8-13)12-16-19(26)6-5-14-21(27)20(28-22(14)16)11-15-17(23)3-2-4-18(15)24/h2-6,11,13,26H,7-10,12H2,1H3/b20-11-. The monoisotopic (exact) mass is 401 g/mol. The molecule has 1 saturated heterocycles. The number of ketones is 1. The highest BCUT2D eigenvalue weighted by Crippen LogP contribution is 2.39. The number of piperidine rings is 1. The van der Waals surface area contributed by atoms with E-state index in [0.717, 1.165) is 25.9 Å². The van der Waals surface area contributed by atoms with Crippen LogP contribution in [0.4, 0.5) is 4.39 Å². The van der Waals surface area contributed by atoms with Gasteiger partial charge in [0.1, 0.15) is 18.1 Å². The predicted molar refractivity (Wildman–Crippen MR) is 103 cm³/mol. The molecule has 0 amide bonds. The molecular formula is C22H21ClFNO3. The maximum Gasteiger partial charge on any atom is 0.231 e. The maximum atomic E-state index is 14.1. The molecule has 0 bridgehead atoms. The molecule has 0 radical (unpaired) electrons. The first-order valence-electron chi connectivity index (χ1n) is 9.48. The minimum atomic E-state index is -0.538. The number of hydrogen-bond donors (Lipinski definition) is 1. The van der Waals surface area contributed by atoms with Crippen LogP contribution in [-0.2, 0) is 6.54 Å². The lowest BCUT2D eigenvalue weighted by atomic mass is 9.98. The number of carbonyl (C=O) groups is 1. The lowest BCUT2D eigenvalue weighted by Crippen LogP contribution is -3.11. The summed E-state index contributed by atoms with van der Waals surface area (Å²) in [4.78, 5) is 14.1. The van der Waals surface area contributed by atoms with Gasteiger partial charge in [0.15, 0.2) is 5.76 Å². The highest BCUT2D eigenvalue weighted by atomic mass is 35.5. The Morgan fingerprint density at radius 3 is 2.75 bits per heavy atom. The van der Waals surface area contributed by atoms with Gasteiger partial charge < -0.3 is 14.7 Å². The number of likely N-dealkylation sites (tertiary alicyclic amines) is 1. The summed E-state index contributed by atoms with van der Waals surface area (Å²) in [6.07, 6.45) is 3.55. The molecular weight excluding hydrogens is 381 g/mol. The summed E-state index contributed by atoms with van der Waals surface area (Å²) < 4.78 is 19.9.